The van der Waals surface area contributed by atoms with E-state index in [0.29, 0.717) is 31.4 Å². The number of amides is 3. The van der Waals surface area contributed by atoms with E-state index in [4.69, 9.17) is 0 Å². The first-order chi connectivity index (χ1) is 20.2. The lowest BCUT2D eigenvalue weighted by molar-refractivity contribution is -0.133. The fourth-order valence-corrected chi connectivity index (χ4v) is 5.47. The number of aromatic nitrogens is 4. The van der Waals surface area contributed by atoms with Crippen LogP contribution < -0.4 is 16.0 Å². The van der Waals surface area contributed by atoms with Gasteiger partial charge in [-0.3, -0.25) is 19.2 Å². The predicted molar refractivity (Wildman–Crippen MR) is 159 cm³/mol. The van der Waals surface area contributed by atoms with Crippen LogP contribution in [0.2, 0.25) is 0 Å². The number of H-pyrrole nitrogens is 1. The molecule has 2 aromatic heterocycles. The number of nitrogens with zero attached hydrogens (tertiary/aromatic N) is 3. The second-order valence-corrected chi connectivity index (χ2v) is 11.3. The van der Waals surface area contributed by atoms with Crippen molar-refractivity contribution in [1.29, 1.82) is 0 Å². The van der Waals surface area contributed by atoms with Crippen LogP contribution >= 0.6 is 0 Å². The highest BCUT2D eigenvalue weighted by atomic mass is 16.2. The quantitative estimate of drug-likeness (QED) is 0.255. The Labute approximate surface area is 246 Å². The van der Waals surface area contributed by atoms with Gasteiger partial charge in [0.15, 0.2) is 0 Å². The van der Waals surface area contributed by atoms with E-state index >= 15 is 0 Å². The molecule has 3 amide bonds. The van der Waals surface area contributed by atoms with Crippen LogP contribution in [-0.2, 0) is 25.6 Å². The maximum atomic E-state index is 13.9. The zero-order chi connectivity index (χ0) is 30.2. The molecule has 3 aromatic rings. The third kappa shape index (κ3) is 7.24. The van der Waals surface area contributed by atoms with Gasteiger partial charge in [0.05, 0.1) is 17.9 Å². The summed E-state index contributed by atoms with van der Waals surface area (Å²) in [6, 6.07) is 4.88. The standard InChI is InChI=1S/C31H43N7O4/c1-5-19(3)28-27-18-33-37-38(27)20(4)29(40)34-25(15-9-7-8-12-22(39)6-2)30(41)35-26(31(42)36-28)16-21-17-32-24-14-11-10-13-23(21)24/h10-11,13-14,17-20,25-26,28,32H,5-9,12,15-16H2,1-4H3,(H,34,40)(H,35,41)(H,36,42)/t19-,20+,25-,26-,28-/m0/s1. The highest BCUT2D eigenvalue weighted by Crippen LogP contribution is 2.27. The van der Waals surface area contributed by atoms with Crippen molar-refractivity contribution >= 4 is 34.4 Å². The van der Waals surface area contributed by atoms with E-state index < -0.39 is 30.1 Å². The van der Waals surface area contributed by atoms with E-state index in [1.54, 1.807) is 13.1 Å². The SMILES string of the molecule is CCC(=O)CCCCC[C@@H]1NC(=O)[C@@H](C)n2nncc2[C@H]([C@@H](C)CC)NC(=O)[C@H](Cc2c[nH]c3ccccc23)NC1=O. The number of carbonyl (C=O) groups is 4. The third-order valence-electron chi connectivity index (χ3n) is 8.39. The number of benzene rings is 1. The van der Waals surface area contributed by atoms with Crippen LogP contribution in [0.25, 0.3) is 10.9 Å². The van der Waals surface area contributed by atoms with Gasteiger partial charge in [-0.1, -0.05) is 63.4 Å². The van der Waals surface area contributed by atoms with Gasteiger partial charge in [0.1, 0.15) is 23.9 Å². The number of para-hydroxylation sites is 1. The van der Waals surface area contributed by atoms with Gasteiger partial charge in [0.25, 0.3) is 0 Å². The molecule has 1 aliphatic heterocycles. The number of carbonyl (C=O) groups excluding carboxylic acids is 4. The normalized spacial score (nSPS) is 22.3. The Morgan fingerprint density at radius 3 is 2.48 bits per heavy atom. The Morgan fingerprint density at radius 2 is 1.71 bits per heavy atom. The van der Waals surface area contributed by atoms with Crippen molar-refractivity contribution in [3.05, 3.63) is 47.9 Å². The van der Waals surface area contributed by atoms with Gasteiger partial charge in [0, 0.05) is 36.4 Å². The Balaban J connectivity index is 1.65. The van der Waals surface area contributed by atoms with Gasteiger partial charge in [-0.15, -0.1) is 5.10 Å². The first kappa shape index (κ1) is 30.9. The molecule has 1 aliphatic rings. The average Bonchev–Trinajstić information content (AvgIpc) is 3.64. The molecule has 4 N–H and O–H groups in total. The molecule has 4 rings (SSSR count). The van der Waals surface area contributed by atoms with Crippen molar-refractivity contribution in [2.24, 2.45) is 5.92 Å². The Kier molecular flexibility index (Phi) is 10.5. The van der Waals surface area contributed by atoms with E-state index in [1.165, 1.54) is 4.68 Å². The van der Waals surface area contributed by atoms with Gasteiger partial charge in [0.2, 0.25) is 17.7 Å². The Bertz CT molecular complexity index is 1400. The third-order valence-corrected chi connectivity index (χ3v) is 8.39. The zero-order valence-corrected chi connectivity index (χ0v) is 25.0. The van der Waals surface area contributed by atoms with Crippen molar-refractivity contribution in [2.75, 3.05) is 0 Å². The molecule has 5 atom stereocenters. The number of Topliss-reactive ketones (excluding diaryl/α,β-unsaturated/α-hetero) is 1. The largest absolute Gasteiger partial charge is 0.361 e. The number of ketones is 1. The summed E-state index contributed by atoms with van der Waals surface area (Å²) in [4.78, 5) is 56.0. The molecule has 0 saturated heterocycles. The summed E-state index contributed by atoms with van der Waals surface area (Å²) in [7, 11) is 0. The minimum atomic E-state index is -0.883. The minimum Gasteiger partial charge on any atom is -0.361 e. The number of aromatic amines is 1. The van der Waals surface area contributed by atoms with Crippen LogP contribution in [-0.4, -0.2) is 55.6 Å². The number of nitrogens with one attached hydrogen (secondary N) is 4. The van der Waals surface area contributed by atoms with Crippen molar-refractivity contribution in [3.63, 3.8) is 0 Å². The van der Waals surface area contributed by atoms with E-state index in [-0.39, 0.29) is 29.9 Å². The van der Waals surface area contributed by atoms with E-state index in [1.807, 2.05) is 51.2 Å². The number of hydrogen-bond acceptors (Lipinski definition) is 6. The van der Waals surface area contributed by atoms with E-state index in [9.17, 15) is 19.2 Å². The Morgan fingerprint density at radius 1 is 0.976 bits per heavy atom. The lowest BCUT2D eigenvalue weighted by atomic mass is 9.95. The smallest absolute Gasteiger partial charge is 0.245 e. The highest BCUT2D eigenvalue weighted by Gasteiger charge is 2.34. The van der Waals surface area contributed by atoms with E-state index in [0.717, 1.165) is 35.7 Å². The van der Waals surface area contributed by atoms with Crippen LogP contribution in [0.4, 0.5) is 0 Å². The lowest BCUT2D eigenvalue weighted by Gasteiger charge is -2.30. The maximum Gasteiger partial charge on any atom is 0.245 e. The van der Waals surface area contributed by atoms with Crippen molar-refractivity contribution in [3.8, 4) is 0 Å². The molecule has 226 valence electrons. The fourth-order valence-electron chi connectivity index (χ4n) is 5.47. The summed E-state index contributed by atoms with van der Waals surface area (Å²) >= 11 is 0. The number of unbranched alkanes of at least 4 members (excludes halogenated alkanes) is 2. The number of fused-ring (bicyclic) bond motifs is 2. The highest BCUT2D eigenvalue weighted by molar-refractivity contribution is 5.93. The van der Waals surface area contributed by atoms with Crippen LogP contribution in [0.15, 0.2) is 36.7 Å². The van der Waals surface area contributed by atoms with Gasteiger partial charge in [-0.25, -0.2) is 4.68 Å². The van der Waals surface area contributed by atoms with Crippen molar-refractivity contribution in [1.82, 2.24) is 35.9 Å². The summed E-state index contributed by atoms with van der Waals surface area (Å²) in [5, 5.41) is 18.3. The molecule has 11 heteroatoms. The maximum absolute atomic E-state index is 13.9. The van der Waals surface area contributed by atoms with Gasteiger partial charge < -0.3 is 20.9 Å². The fraction of sp³-hybridized carbons (Fsp3) is 0.548. The summed E-state index contributed by atoms with van der Waals surface area (Å²) < 4.78 is 1.54. The second kappa shape index (κ2) is 14.2. The van der Waals surface area contributed by atoms with E-state index in [2.05, 4.69) is 31.2 Å². The summed E-state index contributed by atoms with van der Waals surface area (Å²) in [6.07, 6.45) is 8.03. The second-order valence-electron chi connectivity index (χ2n) is 11.3. The molecule has 42 heavy (non-hydrogen) atoms. The average molecular weight is 578 g/mol. The van der Waals surface area contributed by atoms with Crippen molar-refractivity contribution < 1.29 is 19.2 Å². The molecule has 3 heterocycles. The monoisotopic (exact) mass is 577 g/mol. The first-order valence-electron chi connectivity index (χ1n) is 15.1. The molecule has 0 fully saturated rings. The Hall–Kier alpha value is -4.02. The molecule has 0 spiro atoms. The zero-order valence-electron chi connectivity index (χ0n) is 25.0. The number of hydrogen-bond donors (Lipinski definition) is 4. The molecule has 0 aliphatic carbocycles. The summed E-state index contributed by atoms with van der Waals surface area (Å²) in [5.41, 5.74) is 2.48. The molecular formula is C31H43N7O4. The number of rotatable bonds is 11. The molecule has 0 radical (unpaired) electrons. The lowest BCUT2D eigenvalue weighted by Crippen LogP contribution is -2.56. The van der Waals surface area contributed by atoms with Gasteiger partial charge in [-0.05, 0) is 37.3 Å². The molecule has 1 aromatic carbocycles. The molecule has 0 saturated carbocycles. The van der Waals surface area contributed by atoms with Crippen molar-refractivity contribution in [2.45, 2.75) is 103 Å². The molecule has 0 bridgehead atoms. The minimum absolute atomic E-state index is 0.0150. The topological polar surface area (TPSA) is 151 Å². The first-order valence-corrected chi connectivity index (χ1v) is 15.1. The summed E-state index contributed by atoms with van der Waals surface area (Å²) in [6.45, 7) is 7.62. The van der Waals surface area contributed by atoms with Gasteiger partial charge in [-0.2, -0.15) is 0 Å². The van der Waals surface area contributed by atoms with Gasteiger partial charge >= 0.3 is 0 Å². The van der Waals surface area contributed by atoms with Crippen LogP contribution in [0.5, 0.6) is 0 Å². The van der Waals surface area contributed by atoms with Crippen LogP contribution in [0.1, 0.15) is 96.0 Å². The van der Waals surface area contributed by atoms with Crippen LogP contribution in [0, 0.1) is 5.92 Å². The molecule has 0 unspecified atom stereocenters. The molecule has 11 nitrogen and oxygen atoms in total. The molecular weight excluding hydrogens is 534 g/mol. The van der Waals surface area contributed by atoms with Crippen LogP contribution in [0.3, 0.4) is 0 Å². The summed E-state index contributed by atoms with van der Waals surface area (Å²) in [5.74, 6) is -0.860. The predicted octanol–water partition coefficient (Wildman–Crippen LogP) is 3.68.